The lowest BCUT2D eigenvalue weighted by Crippen LogP contribution is -2.40. The van der Waals surface area contributed by atoms with Crippen LogP contribution in [0.4, 0.5) is 10.2 Å². The Kier molecular flexibility index (Phi) is 7.22. The summed E-state index contributed by atoms with van der Waals surface area (Å²) in [5, 5.41) is 15.8. The van der Waals surface area contributed by atoms with Crippen LogP contribution in [0, 0.1) is 0 Å². The van der Waals surface area contributed by atoms with Gasteiger partial charge < -0.3 is 24.4 Å². The molecule has 14 heteroatoms. The van der Waals surface area contributed by atoms with Crippen molar-refractivity contribution < 1.29 is 32.9 Å². The number of alkyl halides is 1. The number of aromatic nitrogens is 4. The number of hydrogen-bond donors (Lipinski definition) is 3. The van der Waals surface area contributed by atoms with Gasteiger partial charge in [0.2, 0.25) is 0 Å². The number of ether oxygens (including phenoxy) is 2. The number of nitrogens with one attached hydrogen (secondary N) is 2. The number of nitrogens with zero attached hydrogens (tertiary/aromatic N) is 4. The molecule has 172 valence electrons. The molecule has 6 atom stereocenters. The number of carbonyl (C=O) groups is 1. The van der Waals surface area contributed by atoms with Gasteiger partial charge in [-0.05, 0) is 20.8 Å². The predicted octanol–water partition coefficient (Wildman–Crippen LogP) is 0.802. The first-order valence-electron chi connectivity index (χ1n) is 9.68. The van der Waals surface area contributed by atoms with Crippen LogP contribution in [0.5, 0.6) is 0 Å². The van der Waals surface area contributed by atoms with Gasteiger partial charge in [-0.25, -0.2) is 24.4 Å². The Morgan fingerprint density at radius 3 is 2.90 bits per heavy atom. The Hall–Kier alpha value is -2.18. The summed E-state index contributed by atoms with van der Waals surface area (Å²) in [6.45, 7) is 4.15. The lowest BCUT2D eigenvalue weighted by Gasteiger charge is -2.24. The fraction of sp³-hybridized carbons (Fsp3) is 0.647. The molecule has 1 aliphatic rings. The van der Waals surface area contributed by atoms with Crippen molar-refractivity contribution in [2.75, 3.05) is 25.6 Å². The van der Waals surface area contributed by atoms with Crippen molar-refractivity contribution in [2.45, 2.75) is 50.9 Å². The van der Waals surface area contributed by atoms with Crippen molar-refractivity contribution in [1.29, 1.82) is 0 Å². The largest absolute Gasteiger partial charge is 0.465 e. The number of rotatable bonds is 9. The van der Waals surface area contributed by atoms with Crippen LogP contribution in [-0.2, 0) is 23.4 Å². The Balaban J connectivity index is 1.69. The number of halogens is 1. The van der Waals surface area contributed by atoms with Crippen LogP contribution in [-0.4, -0.2) is 74.8 Å². The highest BCUT2D eigenvalue weighted by Crippen LogP contribution is 2.43. The minimum absolute atomic E-state index is 0.189. The molecule has 0 radical (unpaired) electrons. The summed E-state index contributed by atoms with van der Waals surface area (Å²) in [6, 6.07) is -0.849. The zero-order valence-corrected chi connectivity index (χ0v) is 18.5. The molecule has 2 aromatic heterocycles. The molecule has 0 saturated carbocycles. The first-order valence-corrected chi connectivity index (χ1v) is 11.0. The Bertz CT molecular complexity index is 958. The summed E-state index contributed by atoms with van der Waals surface area (Å²) in [5.41, 5.74) is -1.48. The minimum Gasteiger partial charge on any atom is -0.465 e. The lowest BCUT2D eigenvalue weighted by molar-refractivity contribution is -0.144. The van der Waals surface area contributed by atoms with Gasteiger partial charge in [-0.3, -0.25) is 13.9 Å². The molecule has 1 saturated heterocycles. The van der Waals surface area contributed by atoms with Crippen LogP contribution < -0.4 is 10.4 Å². The highest BCUT2D eigenvalue weighted by molar-refractivity contribution is 7.36. The van der Waals surface area contributed by atoms with Crippen molar-refractivity contribution in [1.82, 2.24) is 24.6 Å². The van der Waals surface area contributed by atoms with E-state index in [4.69, 9.17) is 14.0 Å². The summed E-state index contributed by atoms with van der Waals surface area (Å²) in [4.78, 5) is 24.0. The highest BCUT2D eigenvalue weighted by Gasteiger charge is 2.55. The molecular formula is C17H26FN6O6P. The van der Waals surface area contributed by atoms with Crippen LogP contribution in [0.3, 0.4) is 0 Å². The maximum absolute atomic E-state index is 15.4. The lowest BCUT2D eigenvalue weighted by atomic mass is 9.98. The molecule has 0 bridgehead atoms. The van der Waals surface area contributed by atoms with Gasteiger partial charge in [0.05, 0.1) is 19.5 Å². The van der Waals surface area contributed by atoms with Crippen molar-refractivity contribution in [2.24, 2.45) is 0 Å². The third-order valence-corrected chi connectivity index (χ3v) is 6.02. The number of aliphatic hydroxyl groups excluding tert-OH is 1. The van der Waals surface area contributed by atoms with E-state index in [0.29, 0.717) is 17.0 Å². The molecular weight excluding hydrogens is 434 g/mol. The highest BCUT2D eigenvalue weighted by atomic mass is 31.1. The first-order chi connectivity index (χ1) is 14.7. The molecule has 12 nitrogen and oxygen atoms in total. The molecule has 0 aliphatic carbocycles. The second-order valence-electron chi connectivity index (χ2n) is 7.14. The van der Waals surface area contributed by atoms with E-state index in [9.17, 15) is 14.5 Å². The van der Waals surface area contributed by atoms with E-state index < -0.39 is 44.3 Å². The van der Waals surface area contributed by atoms with E-state index in [0.717, 1.165) is 0 Å². The molecule has 0 aromatic carbocycles. The molecule has 2 aromatic rings. The van der Waals surface area contributed by atoms with Gasteiger partial charge in [-0.1, -0.05) is 0 Å². The van der Waals surface area contributed by atoms with E-state index in [1.165, 1.54) is 31.1 Å². The van der Waals surface area contributed by atoms with Gasteiger partial charge >= 0.3 is 5.97 Å². The smallest absolute Gasteiger partial charge is 0.323 e. The van der Waals surface area contributed by atoms with Gasteiger partial charge in [-0.15, -0.1) is 0 Å². The average Bonchev–Trinajstić information content (AvgIpc) is 3.25. The number of imidazole rings is 1. The second-order valence-corrected chi connectivity index (χ2v) is 8.29. The van der Waals surface area contributed by atoms with Crippen molar-refractivity contribution >= 4 is 31.1 Å². The van der Waals surface area contributed by atoms with Crippen LogP contribution >= 0.6 is 8.18 Å². The summed E-state index contributed by atoms with van der Waals surface area (Å²) in [7, 11) is -1.21. The van der Waals surface area contributed by atoms with Gasteiger partial charge in [0.1, 0.15) is 30.1 Å². The molecule has 1 fully saturated rings. The van der Waals surface area contributed by atoms with E-state index in [2.05, 4.69) is 25.4 Å². The number of anilines is 1. The van der Waals surface area contributed by atoms with Crippen LogP contribution in [0.25, 0.3) is 11.2 Å². The Morgan fingerprint density at radius 1 is 1.48 bits per heavy atom. The SMILES string of the molecule is CCOC(=O)[C@H](C)N[PH](=O)OC[C@H]1O[C@@H](n2cnc3c(NC)ncnc32)[C@](C)(F)[C@@H]1O. The van der Waals surface area contributed by atoms with Gasteiger partial charge in [-0.2, -0.15) is 0 Å². The molecule has 3 N–H and O–H groups in total. The molecule has 0 spiro atoms. The Labute approximate surface area is 178 Å². The fourth-order valence-electron chi connectivity index (χ4n) is 3.26. The minimum atomic E-state index is -2.87. The molecule has 1 unspecified atom stereocenters. The van der Waals surface area contributed by atoms with Gasteiger partial charge in [0.25, 0.3) is 8.18 Å². The van der Waals surface area contributed by atoms with Crippen LogP contribution in [0.2, 0.25) is 0 Å². The molecule has 0 amide bonds. The fourth-order valence-corrected chi connectivity index (χ4v) is 4.13. The Morgan fingerprint density at radius 2 is 2.23 bits per heavy atom. The molecule has 1 aliphatic heterocycles. The maximum atomic E-state index is 15.4. The van der Waals surface area contributed by atoms with E-state index in [1.807, 2.05) is 0 Å². The van der Waals surface area contributed by atoms with Crippen molar-refractivity contribution in [3.8, 4) is 0 Å². The zero-order chi connectivity index (χ0) is 22.8. The molecule has 3 heterocycles. The number of fused-ring (bicyclic) bond motifs is 1. The van der Waals surface area contributed by atoms with E-state index in [1.54, 1.807) is 14.0 Å². The summed E-state index contributed by atoms with van der Waals surface area (Å²) >= 11 is 0. The van der Waals surface area contributed by atoms with E-state index >= 15 is 4.39 Å². The first kappa shape index (κ1) is 23.5. The van der Waals surface area contributed by atoms with Crippen LogP contribution in [0.15, 0.2) is 12.7 Å². The zero-order valence-electron chi connectivity index (χ0n) is 17.5. The van der Waals surface area contributed by atoms with Crippen molar-refractivity contribution in [3.63, 3.8) is 0 Å². The summed E-state index contributed by atoms with van der Waals surface area (Å²) in [6.07, 6.45) is -1.29. The summed E-state index contributed by atoms with van der Waals surface area (Å²) in [5.74, 6) is -0.115. The number of aliphatic hydroxyl groups is 1. The number of esters is 1. The average molecular weight is 460 g/mol. The second kappa shape index (κ2) is 9.53. The number of carbonyl (C=O) groups excluding carboxylic acids is 1. The number of hydrogen-bond acceptors (Lipinski definition) is 10. The third kappa shape index (κ3) is 4.70. The topological polar surface area (TPSA) is 150 Å². The maximum Gasteiger partial charge on any atom is 0.323 e. The van der Waals surface area contributed by atoms with Gasteiger partial charge in [0, 0.05) is 7.05 Å². The normalized spacial score (nSPS) is 27.9. The van der Waals surface area contributed by atoms with Crippen molar-refractivity contribution in [3.05, 3.63) is 12.7 Å². The monoisotopic (exact) mass is 460 g/mol. The molecule has 31 heavy (non-hydrogen) atoms. The third-order valence-electron chi connectivity index (χ3n) is 4.92. The van der Waals surface area contributed by atoms with Crippen LogP contribution in [0.1, 0.15) is 27.0 Å². The quantitative estimate of drug-likeness (QED) is 0.360. The summed E-state index contributed by atoms with van der Waals surface area (Å²) < 4.78 is 44.6. The van der Waals surface area contributed by atoms with E-state index in [-0.39, 0.29) is 13.2 Å². The molecule has 3 rings (SSSR count). The predicted molar refractivity (Wildman–Crippen MR) is 108 cm³/mol. The standard InChI is InChI=1S/C17H26FN6O6P/c1-5-28-15(26)9(2)23-31(27)29-6-10-12(25)17(3,18)16(30-10)24-8-22-11-13(19-4)20-7-21-14(11)24/h7-10,12,16,25,31H,5-6H2,1-4H3,(H,23,27)(H,19,20,21)/t9-,10+,12+,16+,17+/m0/s1. The van der Waals surface area contributed by atoms with Gasteiger partial charge in [0.15, 0.2) is 23.4 Å².